The Kier molecular flexibility index (Phi) is 7.13. The Morgan fingerprint density at radius 2 is 2.05 bits per heavy atom. The average Bonchev–Trinajstić information content (AvgIpc) is 2.90. The topological polar surface area (TPSA) is 59.9 Å². The Morgan fingerprint density at radius 1 is 1.43 bits per heavy atom. The average molecular weight is 295 g/mol. The minimum atomic E-state index is -0.322. The monoisotopic (exact) mass is 295 g/mol. The predicted molar refractivity (Wildman–Crippen MR) is 83.6 cm³/mol. The highest BCUT2D eigenvalue weighted by Gasteiger charge is 2.50. The fourth-order valence-corrected chi connectivity index (χ4v) is 3.54. The van der Waals surface area contributed by atoms with E-state index in [1.807, 2.05) is 6.92 Å². The predicted octanol–water partition coefficient (Wildman–Crippen LogP) is 2.06. The highest BCUT2D eigenvalue weighted by atomic mass is 16.5. The van der Waals surface area contributed by atoms with Gasteiger partial charge in [0, 0.05) is 6.04 Å². The van der Waals surface area contributed by atoms with E-state index in [2.05, 4.69) is 23.6 Å². The van der Waals surface area contributed by atoms with Crippen molar-refractivity contribution in [2.24, 2.45) is 11.7 Å². The molecular formula is C16H29N3O2. The van der Waals surface area contributed by atoms with Gasteiger partial charge >= 0.3 is 5.97 Å². The summed E-state index contributed by atoms with van der Waals surface area (Å²) in [4.78, 5) is 17.7. The summed E-state index contributed by atoms with van der Waals surface area (Å²) in [7, 11) is 1.40. The number of hydrogen-bond donors (Lipinski definition) is 1. The molecule has 1 heterocycles. The highest BCUT2D eigenvalue weighted by molar-refractivity contribution is 5.76. The number of nitrogens with zero attached hydrogens (tertiary/aromatic N) is 2. The van der Waals surface area contributed by atoms with Crippen LogP contribution in [0, 0.1) is 12.5 Å². The Hall–Kier alpha value is -1.12. The lowest BCUT2D eigenvalue weighted by Gasteiger charge is -2.31. The van der Waals surface area contributed by atoms with Gasteiger partial charge in [0.25, 0.3) is 0 Å². The van der Waals surface area contributed by atoms with Gasteiger partial charge in [-0.1, -0.05) is 33.6 Å². The molecule has 2 N–H and O–H groups in total. The van der Waals surface area contributed by atoms with Crippen molar-refractivity contribution in [1.29, 1.82) is 0 Å². The summed E-state index contributed by atoms with van der Waals surface area (Å²) >= 11 is 0. The van der Waals surface area contributed by atoms with E-state index < -0.39 is 0 Å². The smallest absolute Gasteiger partial charge is 0.323 e. The van der Waals surface area contributed by atoms with Crippen LogP contribution < -0.4 is 5.73 Å². The summed E-state index contributed by atoms with van der Waals surface area (Å²) < 4.78 is 4.89. The van der Waals surface area contributed by atoms with Crippen molar-refractivity contribution in [3.8, 4) is 0 Å². The molecule has 1 aliphatic heterocycles. The third kappa shape index (κ3) is 3.96. The molecule has 1 fully saturated rings. The summed E-state index contributed by atoms with van der Waals surface area (Å²) in [5.41, 5.74) is 6.43. The third-order valence-corrected chi connectivity index (χ3v) is 4.85. The van der Waals surface area contributed by atoms with E-state index in [9.17, 15) is 4.79 Å². The molecule has 4 atom stereocenters. The summed E-state index contributed by atoms with van der Waals surface area (Å²) in [6.45, 7) is 14.5. The van der Waals surface area contributed by atoms with E-state index >= 15 is 0 Å². The van der Waals surface area contributed by atoms with Gasteiger partial charge in [0.2, 0.25) is 6.04 Å². The second-order valence-electron chi connectivity index (χ2n) is 5.87. The Balaban J connectivity index is 2.90. The number of nitrogens with two attached hydrogens (primary N) is 1. The molecule has 0 radical (unpaired) electrons. The lowest BCUT2D eigenvalue weighted by molar-refractivity contribution is -0.146. The number of ether oxygens (including phenoxy) is 1. The van der Waals surface area contributed by atoms with Crippen molar-refractivity contribution in [1.82, 2.24) is 4.90 Å². The quantitative estimate of drug-likeness (QED) is 0.577. The van der Waals surface area contributed by atoms with Crippen LogP contribution in [0.4, 0.5) is 0 Å². The fourth-order valence-electron chi connectivity index (χ4n) is 3.54. The molecule has 5 heteroatoms. The van der Waals surface area contributed by atoms with Gasteiger partial charge in [0.05, 0.1) is 13.5 Å². The number of rotatable bonds is 7. The number of likely N-dealkylation sites (tertiary alicyclic amines) is 1. The molecule has 0 aromatic heterocycles. The maximum absolute atomic E-state index is 11.9. The van der Waals surface area contributed by atoms with E-state index in [1.54, 1.807) is 0 Å². The lowest BCUT2D eigenvalue weighted by Crippen LogP contribution is -2.51. The summed E-state index contributed by atoms with van der Waals surface area (Å²) in [6.07, 6.45) is 3.65. The van der Waals surface area contributed by atoms with Crippen LogP contribution in [0.25, 0.3) is 4.85 Å². The third-order valence-electron chi connectivity index (χ3n) is 4.85. The van der Waals surface area contributed by atoms with Crippen LogP contribution >= 0.6 is 0 Å². The van der Waals surface area contributed by atoms with Gasteiger partial charge < -0.3 is 15.3 Å². The minimum absolute atomic E-state index is 0.0443. The lowest BCUT2D eigenvalue weighted by atomic mass is 9.89. The zero-order valence-corrected chi connectivity index (χ0v) is 13.7. The van der Waals surface area contributed by atoms with Gasteiger partial charge in [-0.2, -0.15) is 0 Å². The maximum Gasteiger partial charge on any atom is 0.323 e. The van der Waals surface area contributed by atoms with Crippen molar-refractivity contribution in [2.75, 3.05) is 13.7 Å². The van der Waals surface area contributed by atoms with Gasteiger partial charge in [0.15, 0.2) is 0 Å². The number of esters is 1. The van der Waals surface area contributed by atoms with Gasteiger partial charge in [-0.3, -0.25) is 9.69 Å². The number of carbonyl (C=O) groups excluding carboxylic acids is 1. The van der Waals surface area contributed by atoms with Crippen molar-refractivity contribution >= 4 is 5.97 Å². The minimum Gasteiger partial charge on any atom is -0.468 e. The first-order valence-corrected chi connectivity index (χ1v) is 7.99. The zero-order chi connectivity index (χ0) is 16.0. The van der Waals surface area contributed by atoms with Crippen molar-refractivity contribution in [3.05, 3.63) is 11.4 Å². The molecule has 120 valence electrons. The van der Waals surface area contributed by atoms with Crippen LogP contribution in [-0.4, -0.2) is 48.7 Å². The molecule has 1 aliphatic rings. The van der Waals surface area contributed by atoms with Crippen molar-refractivity contribution in [2.45, 2.75) is 70.6 Å². The van der Waals surface area contributed by atoms with Crippen LogP contribution in [-0.2, 0) is 9.53 Å². The molecule has 0 unspecified atom stereocenters. The molecule has 0 amide bonds. The fraction of sp³-hybridized carbons (Fsp3) is 0.875. The SMILES string of the molecule is [C-]#[N+][C@@H]1C[C@H](C(=O)OC)N(CC)[C@H]1[C@@H](N)CC(CC)CC. The Bertz CT molecular complexity index is 376. The molecule has 0 saturated carbocycles. The molecule has 0 spiro atoms. The van der Waals surface area contributed by atoms with Crippen LogP contribution in [0.15, 0.2) is 0 Å². The normalized spacial score (nSPS) is 27.6. The Labute approximate surface area is 128 Å². The second-order valence-corrected chi connectivity index (χ2v) is 5.87. The summed E-state index contributed by atoms with van der Waals surface area (Å²) in [6, 6.07) is -0.643. The molecular weight excluding hydrogens is 266 g/mol. The molecule has 21 heavy (non-hydrogen) atoms. The van der Waals surface area contributed by atoms with Crippen molar-refractivity contribution in [3.63, 3.8) is 0 Å². The first-order chi connectivity index (χ1) is 10.0. The van der Waals surface area contributed by atoms with E-state index in [4.69, 9.17) is 17.0 Å². The zero-order valence-electron chi connectivity index (χ0n) is 13.7. The first kappa shape index (κ1) is 17.9. The molecule has 0 aromatic carbocycles. The van der Waals surface area contributed by atoms with E-state index in [0.717, 1.165) is 19.3 Å². The first-order valence-electron chi connectivity index (χ1n) is 7.99. The maximum atomic E-state index is 11.9. The van der Waals surface area contributed by atoms with E-state index in [0.29, 0.717) is 18.9 Å². The Morgan fingerprint density at radius 3 is 2.48 bits per heavy atom. The van der Waals surface area contributed by atoms with Gasteiger partial charge in [0.1, 0.15) is 12.1 Å². The van der Waals surface area contributed by atoms with Crippen LogP contribution in [0.3, 0.4) is 0 Å². The van der Waals surface area contributed by atoms with Crippen LogP contribution in [0.2, 0.25) is 0 Å². The molecule has 1 rings (SSSR count). The van der Waals surface area contributed by atoms with Crippen LogP contribution in [0.1, 0.15) is 46.5 Å². The standard InChI is InChI=1S/C16H29N3O2/c1-6-11(7-2)9-12(17)15-13(18-4)10-14(16(20)21-5)19(15)8-3/h11-15H,6-10,17H2,1-3,5H3/t12-,13+,14+,15-/m0/s1. The highest BCUT2D eigenvalue weighted by Crippen LogP contribution is 2.31. The molecule has 0 aromatic rings. The van der Waals surface area contributed by atoms with E-state index in [1.165, 1.54) is 7.11 Å². The molecule has 1 saturated heterocycles. The van der Waals surface area contributed by atoms with Gasteiger partial charge in [-0.15, -0.1) is 0 Å². The second kappa shape index (κ2) is 8.35. The number of carbonyl (C=O) groups is 1. The molecule has 0 bridgehead atoms. The molecule has 0 aliphatic carbocycles. The molecule has 5 nitrogen and oxygen atoms in total. The summed E-state index contributed by atoms with van der Waals surface area (Å²) in [5, 5.41) is 0. The number of hydrogen-bond acceptors (Lipinski definition) is 4. The van der Waals surface area contributed by atoms with Gasteiger partial charge in [-0.05, 0) is 18.9 Å². The van der Waals surface area contributed by atoms with Crippen LogP contribution in [0.5, 0.6) is 0 Å². The van der Waals surface area contributed by atoms with E-state index in [-0.39, 0.29) is 30.1 Å². The van der Waals surface area contributed by atoms with Gasteiger partial charge in [-0.25, -0.2) is 6.57 Å². The summed E-state index contributed by atoms with van der Waals surface area (Å²) in [5.74, 6) is 0.338. The van der Waals surface area contributed by atoms with Crippen molar-refractivity contribution < 1.29 is 9.53 Å². The largest absolute Gasteiger partial charge is 0.468 e. The number of likely N-dealkylation sites (N-methyl/N-ethyl adjacent to an activating group) is 1. The number of methoxy groups -OCH3 is 1.